The molecule has 1 fully saturated rings. The first kappa shape index (κ1) is 17.3. The minimum Gasteiger partial charge on any atom is -0.461 e. The molecule has 0 aromatic heterocycles. The summed E-state index contributed by atoms with van der Waals surface area (Å²) in [5.74, 6) is 0.666. The van der Waals surface area contributed by atoms with Gasteiger partial charge in [-0.3, -0.25) is 4.79 Å². The van der Waals surface area contributed by atoms with Crippen molar-refractivity contribution in [2.75, 3.05) is 5.75 Å². The number of carbonyl (C=O) groups is 2. The van der Waals surface area contributed by atoms with Crippen molar-refractivity contribution in [3.05, 3.63) is 0 Å². The number of rotatable bonds is 3. The van der Waals surface area contributed by atoms with E-state index in [1.807, 2.05) is 34.6 Å². The molecule has 0 saturated carbocycles. The number of thioether (sulfide) groups is 1. The lowest BCUT2D eigenvalue weighted by atomic mass is 9.93. The third-order valence-electron chi connectivity index (χ3n) is 3.11. The summed E-state index contributed by atoms with van der Waals surface area (Å²) in [6, 6.07) is -0.457. The summed E-state index contributed by atoms with van der Waals surface area (Å²) in [6.07, 6.45) is -0.155. The van der Waals surface area contributed by atoms with Crippen molar-refractivity contribution in [1.29, 1.82) is 0 Å². The monoisotopic (exact) mass is 301 g/mol. The number of ether oxygens (including phenoxy) is 1. The van der Waals surface area contributed by atoms with Crippen molar-refractivity contribution in [2.24, 2.45) is 11.3 Å². The fourth-order valence-electron chi connectivity index (χ4n) is 2.18. The van der Waals surface area contributed by atoms with Crippen LogP contribution in [0.4, 0.5) is 0 Å². The minimum atomic E-state index is -0.492. The molecule has 5 heteroatoms. The van der Waals surface area contributed by atoms with Gasteiger partial charge >= 0.3 is 5.97 Å². The summed E-state index contributed by atoms with van der Waals surface area (Å²) in [4.78, 5) is 26.7. The molecule has 1 heterocycles. The zero-order valence-corrected chi connectivity index (χ0v) is 14.4. The quantitative estimate of drug-likeness (QED) is 0.752. The van der Waals surface area contributed by atoms with Crippen LogP contribution in [0.3, 0.4) is 0 Å². The largest absolute Gasteiger partial charge is 0.461 e. The summed E-state index contributed by atoms with van der Waals surface area (Å²) in [7, 11) is 0. The second-order valence-corrected chi connectivity index (χ2v) is 8.08. The maximum atomic E-state index is 12.7. The lowest BCUT2D eigenvalue weighted by molar-refractivity contribution is -0.160. The van der Waals surface area contributed by atoms with Crippen LogP contribution in [0.15, 0.2) is 0 Å². The number of amides is 1. The van der Waals surface area contributed by atoms with E-state index >= 15 is 0 Å². The number of nitrogens with zero attached hydrogens (tertiary/aromatic N) is 1. The van der Waals surface area contributed by atoms with Gasteiger partial charge in [0, 0.05) is 11.2 Å². The summed E-state index contributed by atoms with van der Waals surface area (Å²) in [5.41, 5.74) is -0.492. The van der Waals surface area contributed by atoms with Gasteiger partial charge in [0.1, 0.15) is 6.04 Å². The van der Waals surface area contributed by atoms with E-state index in [0.717, 1.165) is 0 Å². The van der Waals surface area contributed by atoms with Crippen molar-refractivity contribution in [3.63, 3.8) is 0 Å². The van der Waals surface area contributed by atoms with E-state index in [0.29, 0.717) is 11.7 Å². The second-order valence-electron chi connectivity index (χ2n) is 6.93. The van der Waals surface area contributed by atoms with Crippen LogP contribution in [0.5, 0.6) is 0 Å². The van der Waals surface area contributed by atoms with Gasteiger partial charge in [0.15, 0.2) is 0 Å². The molecule has 2 unspecified atom stereocenters. The van der Waals surface area contributed by atoms with Crippen molar-refractivity contribution >= 4 is 23.6 Å². The fourth-order valence-corrected chi connectivity index (χ4v) is 3.64. The van der Waals surface area contributed by atoms with Crippen molar-refractivity contribution in [1.82, 2.24) is 4.90 Å². The Morgan fingerprint density at radius 2 is 1.75 bits per heavy atom. The zero-order valence-electron chi connectivity index (χ0n) is 13.6. The van der Waals surface area contributed by atoms with Gasteiger partial charge < -0.3 is 9.64 Å². The molecular formula is C15H27NO3S. The molecule has 1 rings (SSSR count). The van der Waals surface area contributed by atoms with Gasteiger partial charge in [0.05, 0.1) is 11.5 Å². The molecule has 1 amide bonds. The Hall–Kier alpha value is -0.710. The van der Waals surface area contributed by atoms with Crippen LogP contribution in [0.1, 0.15) is 48.5 Å². The van der Waals surface area contributed by atoms with Crippen LogP contribution < -0.4 is 0 Å². The van der Waals surface area contributed by atoms with Crippen LogP contribution >= 0.6 is 11.8 Å². The van der Waals surface area contributed by atoms with Gasteiger partial charge in [-0.15, -0.1) is 11.8 Å². The van der Waals surface area contributed by atoms with Crippen molar-refractivity contribution in [3.8, 4) is 0 Å². The highest BCUT2D eigenvalue weighted by Gasteiger charge is 2.46. The Bertz CT molecular complexity index is 374. The normalized spacial score (nSPS) is 23.6. The maximum absolute atomic E-state index is 12.7. The Morgan fingerprint density at radius 3 is 2.15 bits per heavy atom. The maximum Gasteiger partial charge on any atom is 0.330 e. The van der Waals surface area contributed by atoms with Crippen LogP contribution in [0, 0.1) is 11.3 Å². The van der Waals surface area contributed by atoms with E-state index in [1.165, 1.54) is 0 Å². The van der Waals surface area contributed by atoms with Crippen molar-refractivity contribution < 1.29 is 14.3 Å². The topological polar surface area (TPSA) is 46.6 Å². The molecule has 1 saturated heterocycles. The lowest BCUT2D eigenvalue weighted by Gasteiger charge is -2.35. The summed E-state index contributed by atoms with van der Waals surface area (Å²) < 4.78 is 5.31. The average Bonchev–Trinajstić information content (AvgIpc) is 2.69. The van der Waals surface area contributed by atoms with E-state index in [9.17, 15) is 9.59 Å². The molecule has 0 radical (unpaired) electrons. The molecule has 20 heavy (non-hydrogen) atoms. The lowest BCUT2D eigenvalue weighted by Crippen LogP contribution is -2.51. The van der Waals surface area contributed by atoms with E-state index in [2.05, 4.69) is 13.8 Å². The smallest absolute Gasteiger partial charge is 0.330 e. The summed E-state index contributed by atoms with van der Waals surface area (Å²) in [5, 5.41) is 0.0476. The van der Waals surface area contributed by atoms with Gasteiger partial charge in [-0.05, 0) is 19.8 Å². The summed E-state index contributed by atoms with van der Waals surface area (Å²) >= 11 is 1.67. The summed E-state index contributed by atoms with van der Waals surface area (Å²) in [6.45, 7) is 13.5. The van der Waals surface area contributed by atoms with Gasteiger partial charge in [-0.25, -0.2) is 4.79 Å². The van der Waals surface area contributed by atoms with Crippen LogP contribution in [0.2, 0.25) is 0 Å². The molecule has 0 bridgehead atoms. The molecule has 1 aliphatic heterocycles. The first-order valence-electron chi connectivity index (χ1n) is 7.20. The predicted molar refractivity (Wildman–Crippen MR) is 82.4 cm³/mol. The van der Waals surface area contributed by atoms with E-state index < -0.39 is 11.5 Å². The van der Waals surface area contributed by atoms with Gasteiger partial charge in [-0.2, -0.15) is 0 Å². The SMILES string of the molecule is CC(C)OC(=O)C1CSC(C(C)C)N1C(=O)C(C)(C)C. The number of esters is 1. The van der Waals surface area contributed by atoms with Gasteiger partial charge in [-0.1, -0.05) is 34.6 Å². The van der Waals surface area contributed by atoms with Crippen LogP contribution in [0.25, 0.3) is 0 Å². The molecule has 4 nitrogen and oxygen atoms in total. The van der Waals surface area contributed by atoms with Gasteiger partial charge in [0.2, 0.25) is 5.91 Å². The molecule has 0 aliphatic carbocycles. The molecule has 116 valence electrons. The molecule has 2 atom stereocenters. The number of hydrogen-bond donors (Lipinski definition) is 0. The van der Waals surface area contributed by atoms with Gasteiger partial charge in [0.25, 0.3) is 0 Å². The van der Waals surface area contributed by atoms with Crippen LogP contribution in [-0.4, -0.2) is 40.0 Å². The molecule has 1 aliphatic rings. The second kappa shape index (κ2) is 6.37. The molecular weight excluding hydrogens is 274 g/mol. The average molecular weight is 301 g/mol. The third-order valence-corrected chi connectivity index (χ3v) is 4.73. The van der Waals surface area contributed by atoms with Crippen LogP contribution in [-0.2, 0) is 14.3 Å². The molecule has 0 aromatic rings. The van der Waals surface area contributed by atoms with E-state index in [1.54, 1.807) is 16.7 Å². The van der Waals surface area contributed by atoms with E-state index in [-0.39, 0.29) is 23.4 Å². The van der Waals surface area contributed by atoms with Crippen molar-refractivity contribution in [2.45, 2.75) is 66.0 Å². The fraction of sp³-hybridized carbons (Fsp3) is 0.867. The first-order valence-corrected chi connectivity index (χ1v) is 8.25. The number of hydrogen-bond acceptors (Lipinski definition) is 4. The Balaban J connectivity index is 3.00. The highest BCUT2D eigenvalue weighted by atomic mass is 32.2. The number of carbonyl (C=O) groups excluding carboxylic acids is 2. The Kier molecular flexibility index (Phi) is 5.53. The predicted octanol–water partition coefficient (Wildman–Crippen LogP) is 2.91. The van der Waals surface area contributed by atoms with E-state index in [4.69, 9.17) is 4.74 Å². The highest BCUT2D eigenvalue weighted by Crippen LogP contribution is 2.37. The Labute approximate surface area is 126 Å². The highest BCUT2D eigenvalue weighted by molar-refractivity contribution is 8.00. The first-order chi connectivity index (χ1) is 9.05. The Morgan fingerprint density at radius 1 is 1.20 bits per heavy atom. The molecule has 0 N–H and O–H groups in total. The minimum absolute atomic E-state index is 0.0203. The zero-order chi connectivity index (χ0) is 15.7. The molecule has 0 aromatic carbocycles. The third kappa shape index (κ3) is 3.90. The standard InChI is InChI=1S/C15H27NO3S/c1-9(2)12-16(14(18)15(5,6)7)11(8-20-12)13(17)19-10(3)4/h9-12H,8H2,1-7H3. The molecule has 0 spiro atoms.